The first-order valence-electron chi connectivity index (χ1n) is 9.26. The van der Waals surface area contributed by atoms with E-state index in [2.05, 4.69) is 11.4 Å². The van der Waals surface area contributed by atoms with Crippen molar-refractivity contribution in [1.29, 1.82) is 5.26 Å². The summed E-state index contributed by atoms with van der Waals surface area (Å²) in [4.78, 5) is 22.4. The number of carbonyl (C=O) groups excluding carboxylic acids is 2. The summed E-state index contributed by atoms with van der Waals surface area (Å²) in [5, 5.41) is 11.9. The van der Waals surface area contributed by atoms with E-state index in [0.717, 1.165) is 23.1 Å². The van der Waals surface area contributed by atoms with Crippen LogP contribution in [0.15, 0.2) is 48.5 Å². The highest BCUT2D eigenvalue weighted by Gasteiger charge is 2.31. The third-order valence-corrected chi connectivity index (χ3v) is 3.83. The molecular formula is C22H27N3O3. The number of hydrogen-bond acceptors (Lipinski definition) is 5. The molecule has 1 N–H and O–H groups in total. The maximum atomic E-state index is 11.9. The monoisotopic (exact) mass is 381 g/mol. The average molecular weight is 381 g/mol. The van der Waals surface area contributed by atoms with Crippen LogP contribution in [0.1, 0.15) is 26.3 Å². The molecule has 0 aromatic heterocycles. The summed E-state index contributed by atoms with van der Waals surface area (Å²) in [6.45, 7) is 6.64. The predicted molar refractivity (Wildman–Crippen MR) is 111 cm³/mol. The van der Waals surface area contributed by atoms with Crippen molar-refractivity contribution in [3.8, 4) is 17.2 Å². The molecule has 0 spiro atoms. The Labute approximate surface area is 166 Å². The van der Waals surface area contributed by atoms with E-state index in [1.807, 2.05) is 57.3 Å². The van der Waals surface area contributed by atoms with Gasteiger partial charge in [0, 0.05) is 12.2 Å². The molecule has 2 aromatic carbocycles. The number of ether oxygens (including phenoxy) is 1. The zero-order chi connectivity index (χ0) is 20.9. The lowest BCUT2D eigenvalue weighted by atomic mass is 10.0. The third-order valence-electron chi connectivity index (χ3n) is 3.83. The lowest BCUT2D eigenvalue weighted by Crippen LogP contribution is -2.28. The van der Waals surface area contributed by atoms with Gasteiger partial charge in [-0.1, -0.05) is 38.1 Å². The first-order valence-corrected chi connectivity index (χ1v) is 9.26. The molecule has 1 aliphatic rings. The molecule has 1 saturated heterocycles. The van der Waals surface area contributed by atoms with E-state index in [1.165, 1.54) is 6.92 Å². The number of anilines is 1. The van der Waals surface area contributed by atoms with Crippen LogP contribution in [0.2, 0.25) is 0 Å². The highest BCUT2D eigenvalue weighted by Crippen LogP contribution is 2.26. The summed E-state index contributed by atoms with van der Waals surface area (Å²) >= 11 is 0. The smallest absolute Gasteiger partial charge is 0.414 e. The van der Waals surface area contributed by atoms with Crippen molar-refractivity contribution in [2.45, 2.75) is 26.9 Å². The van der Waals surface area contributed by atoms with Crippen LogP contribution in [0.3, 0.4) is 0 Å². The van der Waals surface area contributed by atoms with Gasteiger partial charge in [0.05, 0.1) is 18.2 Å². The second-order valence-corrected chi connectivity index (χ2v) is 5.65. The Bertz CT molecular complexity index is 780. The second kappa shape index (κ2) is 12.3. The van der Waals surface area contributed by atoms with Crippen LogP contribution in [0.25, 0.3) is 11.1 Å². The fourth-order valence-corrected chi connectivity index (χ4v) is 2.64. The number of cyclic esters (lactones) is 1. The van der Waals surface area contributed by atoms with Gasteiger partial charge in [0.1, 0.15) is 12.4 Å². The minimum atomic E-state index is -0.309. The Hall–Kier alpha value is -3.17. The van der Waals surface area contributed by atoms with Gasteiger partial charge in [0.25, 0.3) is 0 Å². The molecule has 1 fully saturated rings. The van der Waals surface area contributed by atoms with E-state index in [9.17, 15) is 4.79 Å². The first-order chi connectivity index (χ1) is 13.6. The average Bonchev–Trinajstić information content (AvgIpc) is 3.11. The normalized spacial score (nSPS) is 14.6. The van der Waals surface area contributed by atoms with Gasteiger partial charge in [0.15, 0.2) is 0 Å². The van der Waals surface area contributed by atoms with Crippen molar-refractivity contribution in [2.75, 3.05) is 25.0 Å². The Morgan fingerprint density at radius 2 is 1.64 bits per heavy atom. The zero-order valence-electron chi connectivity index (χ0n) is 16.8. The van der Waals surface area contributed by atoms with Crippen molar-refractivity contribution in [3.05, 3.63) is 54.1 Å². The van der Waals surface area contributed by atoms with Crippen molar-refractivity contribution in [1.82, 2.24) is 5.32 Å². The number of nitrogens with one attached hydrogen (secondary N) is 1. The van der Waals surface area contributed by atoms with Crippen molar-refractivity contribution >= 4 is 18.1 Å². The van der Waals surface area contributed by atoms with Crippen molar-refractivity contribution in [3.63, 3.8) is 0 Å². The van der Waals surface area contributed by atoms with Crippen LogP contribution in [0.5, 0.6) is 0 Å². The molecule has 3 rings (SSSR count). The zero-order valence-corrected chi connectivity index (χ0v) is 16.8. The lowest BCUT2D eigenvalue weighted by molar-refractivity contribution is -0.106. The van der Waals surface area contributed by atoms with Crippen molar-refractivity contribution < 1.29 is 14.3 Å². The minimum Gasteiger partial charge on any atom is -0.443 e. The summed E-state index contributed by atoms with van der Waals surface area (Å²) in [7, 11) is 1.84. The topological polar surface area (TPSA) is 82.4 Å². The molecule has 0 aliphatic carbocycles. The highest BCUT2D eigenvalue weighted by atomic mass is 16.6. The summed E-state index contributed by atoms with van der Waals surface area (Å²) < 4.78 is 5.30. The molecule has 148 valence electrons. The molecule has 1 unspecified atom stereocenters. The van der Waals surface area contributed by atoms with E-state index in [1.54, 1.807) is 17.0 Å². The molecule has 0 saturated carbocycles. The fraction of sp³-hybridized carbons (Fsp3) is 0.318. The molecule has 1 atom stereocenters. The number of carbonyl (C=O) groups is 2. The molecule has 0 radical (unpaired) electrons. The number of rotatable bonds is 4. The van der Waals surface area contributed by atoms with Crippen LogP contribution in [0.4, 0.5) is 10.5 Å². The summed E-state index contributed by atoms with van der Waals surface area (Å²) in [5.41, 5.74) is 3.54. The first kappa shape index (κ1) is 22.9. The van der Waals surface area contributed by atoms with Gasteiger partial charge in [-0.25, -0.2) is 4.79 Å². The third kappa shape index (κ3) is 6.22. The van der Waals surface area contributed by atoms with Gasteiger partial charge >= 0.3 is 6.09 Å². The SMILES string of the molecule is CC.CC=O.CNCC1CN(c2ccc(-c3ccc(C#N)cc3)cc2)C(=O)O1. The second-order valence-electron chi connectivity index (χ2n) is 5.65. The number of benzene rings is 2. The molecule has 1 amide bonds. The maximum absolute atomic E-state index is 11.9. The van der Waals surface area contributed by atoms with Gasteiger partial charge in [0.2, 0.25) is 0 Å². The highest BCUT2D eigenvalue weighted by molar-refractivity contribution is 5.90. The summed E-state index contributed by atoms with van der Waals surface area (Å²) in [5.74, 6) is 0. The van der Waals surface area contributed by atoms with E-state index >= 15 is 0 Å². The molecule has 2 aromatic rings. The molecular weight excluding hydrogens is 354 g/mol. The van der Waals surface area contributed by atoms with Gasteiger partial charge in [-0.2, -0.15) is 5.26 Å². The Morgan fingerprint density at radius 3 is 2.11 bits per heavy atom. The Kier molecular flexibility index (Phi) is 10.0. The molecule has 0 bridgehead atoms. The van der Waals surface area contributed by atoms with E-state index < -0.39 is 0 Å². The van der Waals surface area contributed by atoms with E-state index in [4.69, 9.17) is 14.8 Å². The van der Waals surface area contributed by atoms with Gasteiger partial charge in [-0.05, 0) is 49.4 Å². The molecule has 28 heavy (non-hydrogen) atoms. The molecule has 6 nitrogen and oxygen atoms in total. The number of likely N-dealkylation sites (N-methyl/N-ethyl adjacent to an activating group) is 1. The molecule has 1 heterocycles. The van der Waals surface area contributed by atoms with Gasteiger partial charge in [-0.3, -0.25) is 4.90 Å². The predicted octanol–water partition coefficient (Wildman–Crippen LogP) is 4.00. The van der Waals surface area contributed by atoms with E-state index in [0.29, 0.717) is 18.7 Å². The maximum Gasteiger partial charge on any atom is 0.414 e. The summed E-state index contributed by atoms with van der Waals surface area (Å²) in [6, 6.07) is 17.3. The largest absolute Gasteiger partial charge is 0.443 e. The molecule has 1 aliphatic heterocycles. The standard InChI is InChI=1S/C18H17N3O2.C2H4O.C2H6/c1-20-11-17-12-21(18(22)23-17)16-8-6-15(7-9-16)14-4-2-13(10-19)3-5-14;1-2-3;1-2/h2-9,17,20H,11-12H2,1H3;2H,1H3;1-2H3. The van der Waals surface area contributed by atoms with Crippen LogP contribution in [-0.2, 0) is 9.53 Å². The van der Waals surface area contributed by atoms with Crippen LogP contribution >= 0.6 is 0 Å². The van der Waals surface area contributed by atoms with E-state index in [-0.39, 0.29) is 12.2 Å². The quantitative estimate of drug-likeness (QED) is 0.810. The Morgan fingerprint density at radius 1 is 1.14 bits per heavy atom. The van der Waals surface area contributed by atoms with Crippen LogP contribution < -0.4 is 10.2 Å². The number of hydrogen-bond donors (Lipinski definition) is 1. The molecule has 6 heteroatoms. The van der Waals surface area contributed by atoms with Gasteiger partial charge < -0.3 is 14.8 Å². The van der Waals surface area contributed by atoms with Crippen LogP contribution in [0, 0.1) is 11.3 Å². The number of amides is 1. The number of aldehydes is 1. The lowest BCUT2D eigenvalue weighted by Gasteiger charge is -2.13. The van der Waals surface area contributed by atoms with Crippen molar-refractivity contribution in [2.24, 2.45) is 0 Å². The summed E-state index contributed by atoms with van der Waals surface area (Å²) in [6.07, 6.45) is 0.321. The van der Waals surface area contributed by atoms with Crippen LogP contribution in [-0.4, -0.2) is 38.6 Å². The minimum absolute atomic E-state index is 0.120. The Balaban J connectivity index is 0.000000717. The van der Waals surface area contributed by atoms with Gasteiger partial charge in [-0.15, -0.1) is 0 Å². The number of nitrogens with zero attached hydrogens (tertiary/aromatic N) is 2. The fourth-order valence-electron chi connectivity index (χ4n) is 2.64. The number of nitriles is 1.